The first-order valence-corrected chi connectivity index (χ1v) is 6.74. The van der Waals surface area contributed by atoms with Gasteiger partial charge in [-0.15, -0.1) is 6.58 Å². The van der Waals surface area contributed by atoms with Crippen LogP contribution in [-0.2, 0) is 9.59 Å². The topological polar surface area (TPSA) is 57.6 Å². The predicted octanol–water partition coefficient (Wildman–Crippen LogP) is 2.45. The van der Waals surface area contributed by atoms with Gasteiger partial charge in [0, 0.05) is 19.5 Å². The van der Waals surface area contributed by atoms with Crippen molar-refractivity contribution in [3.63, 3.8) is 0 Å². The fourth-order valence-corrected chi connectivity index (χ4v) is 2.47. The number of carbonyl (C=O) groups is 2. The maximum Gasteiger partial charge on any atom is 0.305 e. The quantitative estimate of drug-likeness (QED) is 0.709. The van der Waals surface area contributed by atoms with Crippen molar-refractivity contribution in [3.8, 4) is 0 Å². The molecule has 0 aromatic rings. The molecule has 1 aliphatic rings. The Morgan fingerprint density at radius 1 is 1.28 bits per heavy atom. The molecule has 1 N–H and O–H groups in total. The molecule has 102 valence electrons. The van der Waals surface area contributed by atoms with Crippen molar-refractivity contribution in [1.82, 2.24) is 4.90 Å². The van der Waals surface area contributed by atoms with Gasteiger partial charge in [0.05, 0.1) is 6.42 Å². The lowest BCUT2D eigenvalue weighted by atomic mass is 9.86. The van der Waals surface area contributed by atoms with Crippen molar-refractivity contribution in [2.75, 3.05) is 13.1 Å². The molecule has 0 atom stereocenters. The van der Waals surface area contributed by atoms with Gasteiger partial charge in [-0.25, -0.2) is 0 Å². The molecular formula is C14H23NO3. The molecule has 0 aliphatic heterocycles. The van der Waals surface area contributed by atoms with Gasteiger partial charge in [-0.3, -0.25) is 9.59 Å². The van der Waals surface area contributed by atoms with E-state index in [1.807, 2.05) is 0 Å². The Bertz CT molecular complexity index is 295. The van der Waals surface area contributed by atoms with E-state index in [-0.39, 0.29) is 18.9 Å². The first-order valence-electron chi connectivity index (χ1n) is 6.74. The summed E-state index contributed by atoms with van der Waals surface area (Å²) in [5, 5.41) is 8.67. The van der Waals surface area contributed by atoms with E-state index in [1.165, 1.54) is 19.3 Å². The molecule has 0 radical (unpaired) electrons. The van der Waals surface area contributed by atoms with E-state index in [2.05, 4.69) is 6.58 Å². The van der Waals surface area contributed by atoms with Gasteiger partial charge in [-0.1, -0.05) is 25.3 Å². The molecular weight excluding hydrogens is 230 g/mol. The molecule has 1 saturated carbocycles. The summed E-state index contributed by atoms with van der Waals surface area (Å²) < 4.78 is 0. The molecule has 1 rings (SSSR count). The summed E-state index contributed by atoms with van der Waals surface area (Å²) in [5.41, 5.74) is 0. The van der Waals surface area contributed by atoms with Crippen LogP contribution in [0.2, 0.25) is 0 Å². The molecule has 1 aliphatic carbocycles. The average molecular weight is 253 g/mol. The van der Waals surface area contributed by atoms with E-state index in [1.54, 1.807) is 11.0 Å². The van der Waals surface area contributed by atoms with Crippen molar-refractivity contribution in [3.05, 3.63) is 12.7 Å². The van der Waals surface area contributed by atoms with Gasteiger partial charge in [0.1, 0.15) is 0 Å². The van der Waals surface area contributed by atoms with Crippen LogP contribution in [0, 0.1) is 5.92 Å². The molecule has 4 heteroatoms. The van der Waals surface area contributed by atoms with Crippen molar-refractivity contribution < 1.29 is 14.7 Å². The number of nitrogens with zero attached hydrogens (tertiary/aromatic N) is 1. The Labute approximate surface area is 109 Å². The van der Waals surface area contributed by atoms with Crippen LogP contribution >= 0.6 is 0 Å². The number of amides is 1. The van der Waals surface area contributed by atoms with Crippen LogP contribution in [0.15, 0.2) is 12.7 Å². The molecule has 0 unspecified atom stereocenters. The summed E-state index contributed by atoms with van der Waals surface area (Å²) in [4.78, 5) is 24.3. The second kappa shape index (κ2) is 7.90. The van der Waals surface area contributed by atoms with Crippen LogP contribution in [0.5, 0.6) is 0 Å². The zero-order valence-corrected chi connectivity index (χ0v) is 10.9. The Morgan fingerprint density at radius 2 is 1.94 bits per heavy atom. The van der Waals surface area contributed by atoms with Crippen LogP contribution in [0.25, 0.3) is 0 Å². The number of aliphatic carboxylic acids is 1. The van der Waals surface area contributed by atoms with Gasteiger partial charge in [-0.05, 0) is 18.8 Å². The normalized spacial score (nSPS) is 16.2. The highest BCUT2D eigenvalue weighted by atomic mass is 16.4. The second-order valence-corrected chi connectivity index (χ2v) is 4.98. The summed E-state index contributed by atoms with van der Waals surface area (Å²) in [7, 11) is 0. The maximum absolute atomic E-state index is 12.1. The number of carbonyl (C=O) groups excluding carboxylic acids is 1. The van der Waals surface area contributed by atoms with Gasteiger partial charge in [0.15, 0.2) is 0 Å². The number of hydrogen-bond acceptors (Lipinski definition) is 2. The third kappa shape index (κ3) is 5.34. The Balaban J connectivity index is 2.41. The van der Waals surface area contributed by atoms with Crippen LogP contribution in [0.3, 0.4) is 0 Å². The first-order chi connectivity index (χ1) is 8.63. The zero-order chi connectivity index (χ0) is 13.4. The minimum Gasteiger partial charge on any atom is -0.481 e. The van der Waals surface area contributed by atoms with Crippen molar-refractivity contribution >= 4 is 11.9 Å². The summed E-state index contributed by atoms with van der Waals surface area (Å²) in [6, 6.07) is 0. The lowest BCUT2D eigenvalue weighted by molar-refractivity contribution is -0.138. The summed E-state index contributed by atoms with van der Waals surface area (Å²) in [6.07, 6.45) is 8.20. The van der Waals surface area contributed by atoms with E-state index in [0.717, 1.165) is 12.8 Å². The molecule has 0 aromatic heterocycles. The van der Waals surface area contributed by atoms with Gasteiger partial charge < -0.3 is 10.0 Å². The van der Waals surface area contributed by atoms with Gasteiger partial charge >= 0.3 is 5.97 Å². The van der Waals surface area contributed by atoms with E-state index in [4.69, 9.17) is 5.11 Å². The lowest BCUT2D eigenvalue weighted by Crippen LogP contribution is -2.34. The molecule has 18 heavy (non-hydrogen) atoms. The molecule has 0 saturated heterocycles. The predicted molar refractivity (Wildman–Crippen MR) is 70.2 cm³/mol. The van der Waals surface area contributed by atoms with Gasteiger partial charge in [0.25, 0.3) is 0 Å². The lowest BCUT2D eigenvalue weighted by Gasteiger charge is -2.25. The smallest absolute Gasteiger partial charge is 0.305 e. The maximum atomic E-state index is 12.1. The summed E-state index contributed by atoms with van der Waals surface area (Å²) in [5.74, 6) is -0.305. The largest absolute Gasteiger partial charge is 0.481 e. The highest BCUT2D eigenvalue weighted by Crippen LogP contribution is 2.26. The van der Waals surface area contributed by atoms with Crippen molar-refractivity contribution in [2.45, 2.75) is 44.9 Å². The zero-order valence-electron chi connectivity index (χ0n) is 10.9. The Kier molecular flexibility index (Phi) is 6.47. The number of rotatable bonds is 7. The number of carboxylic acid groups (broad SMARTS) is 1. The van der Waals surface area contributed by atoms with E-state index in [9.17, 15) is 9.59 Å². The minimum absolute atomic E-state index is 0.00421. The molecule has 1 fully saturated rings. The van der Waals surface area contributed by atoms with Crippen LogP contribution in [-0.4, -0.2) is 35.0 Å². The minimum atomic E-state index is -0.866. The molecule has 0 aromatic carbocycles. The third-order valence-corrected chi connectivity index (χ3v) is 3.49. The highest BCUT2D eigenvalue weighted by Gasteiger charge is 2.20. The monoisotopic (exact) mass is 253 g/mol. The summed E-state index contributed by atoms with van der Waals surface area (Å²) in [6.45, 7) is 4.34. The Hall–Kier alpha value is -1.32. The summed E-state index contributed by atoms with van der Waals surface area (Å²) >= 11 is 0. The molecule has 1 amide bonds. The van der Waals surface area contributed by atoms with Crippen molar-refractivity contribution in [1.29, 1.82) is 0 Å². The fourth-order valence-electron chi connectivity index (χ4n) is 2.47. The van der Waals surface area contributed by atoms with Crippen molar-refractivity contribution in [2.24, 2.45) is 5.92 Å². The number of carboxylic acids is 1. The average Bonchev–Trinajstić information content (AvgIpc) is 2.35. The standard InChI is InChI=1S/C14H23NO3/c1-2-9-15(10-8-14(17)18)13(16)11-12-6-4-3-5-7-12/h2,12H,1,3-11H2,(H,17,18). The van der Waals surface area contributed by atoms with E-state index >= 15 is 0 Å². The first kappa shape index (κ1) is 14.7. The molecule has 4 nitrogen and oxygen atoms in total. The number of hydrogen-bond donors (Lipinski definition) is 1. The fraction of sp³-hybridized carbons (Fsp3) is 0.714. The van der Waals surface area contributed by atoms with E-state index in [0.29, 0.717) is 18.9 Å². The van der Waals surface area contributed by atoms with E-state index < -0.39 is 5.97 Å². The van der Waals surface area contributed by atoms with Crippen LogP contribution in [0.4, 0.5) is 0 Å². The second-order valence-electron chi connectivity index (χ2n) is 4.98. The highest BCUT2D eigenvalue weighted by molar-refractivity contribution is 5.77. The van der Waals surface area contributed by atoms with Crippen LogP contribution < -0.4 is 0 Å². The molecule has 0 spiro atoms. The SMILES string of the molecule is C=CCN(CCC(=O)O)C(=O)CC1CCCCC1. The Morgan fingerprint density at radius 3 is 2.50 bits per heavy atom. The van der Waals surface area contributed by atoms with Gasteiger partial charge in [0.2, 0.25) is 5.91 Å². The third-order valence-electron chi connectivity index (χ3n) is 3.49. The van der Waals surface area contributed by atoms with Gasteiger partial charge in [-0.2, -0.15) is 0 Å². The van der Waals surface area contributed by atoms with Crippen LogP contribution in [0.1, 0.15) is 44.9 Å². The molecule has 0 bridgehead atoms. The molecule has 0 heterocycles.